The molecule has 0 aliphatic rings. The molecule has 0 bridgehead atoms. The van der Waals surface area contributed by atoms with Crippen LogP contribution in [0.25, 0.3) is 10.9 Å². The van der Waals surface area contributed by atoms with Crippen molar-refractivity contribution >= 4 is 33.9 Å². The fourth-order valence-corrected chi connectivity index (χ4v) is 4.99. The lowest BCUT2D eigenvalue weighted by atomic mass is 10.1. The standard InChI is InChI=1S/C30H34FN3O5S/c1-18-22(23-15-20(31)7-9-24(23)32-18)11-12-34(17-19-13-27(37-4)29(39-6)28(14-19)38-5)30(40)33-25-16-21(35-2)8-10-26(25)36-3/h7-10,13-16,32H,11-12,17H2,1-6H3,(H,33,40). The third-order valence-corrected chi connectivity index (χ3v) is 7.11. The van der Waals surface area contributed by atoms with Crippen molar-refractivity contribution in [3.8, 4) is 28.7 Å². The Labute approximate surface area is 238 Å². The quantitative estimate of drug-likeness (QED) is 0.211. The van der Waals surface area contributed by atoms with Crippen LogP contribution < -0.4 is 29.0 Å². The molecule has 40 heavy (non-hydrogen) atoms. The molecule has 0 saturated heterocycles. The van der Waals surface area contributed by atoms with E-state index in [1.807, 2.05) is 42.2 Å². The Bertz CT molecular complexity index is 1480. The zero-order chi connectivity index (χ0) is 28.8. The van der Waals surface area contributed by atoms with Gasteiger partial charge in [-0.3, -0.25) is 0 Å². The normalized spacial score (nSPS) is 10.8. The van der Waals surface area contributed by atoms with Gasteiger partial charge >= 0.3 is 0 Å². The van der Waals surface area contributed by atoms with Gasteiger partial charge in [0, 0.05) is 35.8 Å². The highest BCUT2D eigenvalue weighted by molar-refractivity contribution is 7.80. The molecule has 1 heterocycles. The van der Waals surface area contributed by atoms with Crippen molar-refractivity contribution in [2.45, 2.75) is 19.9 Å². The molecule has 0 radical (unpaired) electrons. The lowest BCUT2D eigenvalue weighted by Crippen LogP contribution is -2.36. The van der Waals surface area contributed by atoms with Crippen LogP contribution in [0.3, 0.4) is 0 Å². The Hall–Kier alpha value is -4.18. The maximum atomic E-state index is 14.1. The fourth-order valence-electron chi connectivity index (χ4n) is 4.73. The van der Waals surface area contributed by atoms with Crippen molar-refractivity contribution in [3.63, 3.8) is 0 Å². The maximum absolute atomic E-state index is 14.1. The van der Waals surface area contributed by atoms with Gasteiger partial charge in [-0.1, -0.05) is 0 Å². The van der Waals surface area contributed by atoms with Gasteiger partial charge in [0.2, 0.25) is 5.75 Å². The van der Waals surface area contributed by atoms with Gasteiger partial charge in [-0.2, -0.15) is 0 Å². The highest BCUT2D eigenvalue weighted by Crippen LogP contribution is 2.38. The lowest BCUT2D eigenvalue weighted by Gasteiger charge is -2.27. The molecule has 0 amide bonds. The minimum Gasteiger partial charge on any atom is -0.497 e. The van der Waals surface area contributed by atoms with E-state index < -0.39 is 0 Å². The minimum atomic E-state index is -0.274. The first-order valence-electron chi connectivity index (χ1n) is 12.6. The van der Waals surface area contributed by atoms with Crippen molar-refractivity contribution in [1.82, 2.24) is 9.88 Å². The molecule has 1 aromatic heterocycles. The van der Waals surface area contributed by atoms with Crippen LogP contribution in [-0.4, -0.2) is 57.1 Å². The molecule has 212 valence electrons. The van der Waals surface area contributed by atoms with Gasteiger partial charge in [0.05, 0.1) is 41.2 Å². The molecule has 0 spiro atoms. The van der Waals surface area contributed by atoms with Gasteiger partial charge in [0.15, 0.2) is 16.6 Å². The molecule has 0 aliphatic heterocycles. The van der Waals surface area contributed by atoms with E-state index in [-0.39, 0.29) is 5.82 Å². The number of rotatable bonds is 11. The number of hydrogen-bond acceptors (Lipinski definition) is 6. The zero-order valence-corrected chi connectivity index (χ0v) is 24.3. The number of aromatic amines is 1. The molecule has 0 saturated carbocycles. The van der Waals surface area contributed by atoms with E-state index in [0.29, 0.717) is 59.1 Å². The molecule has 0 fully saturated rings. The molecule has 0 unspecified atom stereocenters. The van der Waals surface area contributed by atoms with E-state index in [0.717, 1.165) is 27.7 Å². The van der Waals surface area contributed by atoms with E-state index in [1.54, 1.807) is 47.7 Å². The second-order valence-electron chi connectivity index (χ2n) is 9.12. The van der Waals surface area contributed by atoms with Gasteiger partial charge in [0.25, 0.3) is 0 Å². The van der Waals surface area contributed by atoms with Gasteiger partial charge in [-0.25, -0.2) is 4.39 Å². The summed E-state index contributed by atoms with van der Waals surface area (Å²) < 4.78 is 41.7. The highest BCUT2D eigenvalue weighted by Gasteiger charge is 2.19. The monoisotopic (exact) mass is 567 g/mol. The summed E-state index contributed by atoms with van der Waals surface area (Å²) in [5.41, 5.74) is 4.49. The van der Waals surface area contributed by atoms with Crippen molar-refractivity contribution in [2.24, 2.45) is 0 Å². The highest BCUT2D eigenvalue weighted by atomic mass is 32.1. The number of hydrogen-bond donors (Lipinski definition) is 2. The molecule has 0 aliphatic carbocycles. The Morgan fingerprint density at radius 1 is 0.875 bits per heavy atom. The van der Waals surface area contributed by atoms with E-state index in [4.69, 9.17) is 35.9 Å². The minimum absolute atomic E-state index is 0.274. The van der Waals surface area contributed by atoms with E-state index in [1.165, 1.54) is 6.07 Å². The molecule has 3 aromatic carbocycles. The number of nitrogens with one attached hydrogen (secondary N) is 2. The zero-order valence-electron chi connectivity index (χ0n) is 23.5. The summed E-state index contributed by atoms with van der Waals surface area (Å²) in [7, 11) is 7.94. The molecule has 10 heteroatoms. The Morgan fingerprint density at radius 3 is 2.20 bits per heavy atom. The number of aryl methyl sites for hydroxylation is 1. The van der Waals surface area contributed by atoms with Gasteiger partial charge in [-0.05, 0) is 79.2 Å². The molecular weight excluding hydrogens is 533 g/mol. The summed E-state index contributed by atoms with van der Waals surface area (Å²) in [5.74, 6) is 2.63. The summed E-state index contributed by atoms with van der Waals surface area (Å²) in [6.07, 6.45) is 0.622. The number of H-pyrrole nitrogens is 1. The first-order chi connectivity index (χ1) is 19.3. The van der Waals surface area contributed by atoms with Crippen LogP contribution in [0.4, 0.5) is 10.1 Å². The average Bonchev–Trinajstić information content (AvgIpc) is 3.27. The van der Waals surface area contributed by atoms with Crippen LogP contribution in [-0.2, 0) is 13.0 Å². The molecule has 2 N–H and O–H groups in total. The number of benzene rings is 3. The Balaban J connectivity index is 1.68. The van der Waals surface area contributed by atoms with E-state index in [2.05, 4.69) is 10.3 Å². The number of fused-ring (bicyclic) bond motifs is 1. The largest absolute Gasteiger partial charge is 0.497 e. The van der Waals surface area contributed by atoms with Gasteiger partial charge in [0.1, 0.15) is 17.3 Å². The van der Waals surface area contributed by atoms with Crippen LogP contribution in [0, 0.1) is 12.7 Å². The van der Waals surface area contributed by atoms with Crippen LogP contribution >= 0.6 is 12.2 Å². The number of ether oxygens (including phenoxy) is 5. The average molecular weight is 568 g/mol. The van der Waals surface area contributed by atoms with Crippen molar-refractivity contribution in [2.75, 3.05) is 47.4 Å². The number of halogens is 1. The predicted octanol–water partition coefficient (Wildman–Crippen LogP) is 6.10. The van der Waals surface area contributed by atoms with Crippen molar-refractivity contribution in [3.05, 3.63) is 71.2 Å². The topological polar surface area (TPSA) is 77.2 Å². The first kappa shape index (κ1) is 28.8. The van der Waals surface area contributed by atoms with Crippen LogP contribution in [0.15, 0.2) is 48.5 Å². The Morgan fingerprint density at radius 2 is 1.57 bits per heavy atom. The van der Waals surface area contributed by atoms with E-state index in [9.17, 15) is 4.39 Å². The number of methoxy groups -OCH3 is 5. The van der Waals surface area contributed by atoms with Crippen molar-refractivity contribution < 1.29 is 28.1 Å². The SMILES string of the molecule is COc1ccc(OC)c(NC(=S)N(CCc2c(C)[nH]c3ccc(F)cc23)Cc2cc(OC)c(OC)c(OC)c2)c1. The summed E-state index contributed by atoms with van der Waals surface area (Å²) in [5, 5.41) is 4.66. The van der Waals surface area contributed by atoms with Crippen LogP contribution in [0.2, 0.25) is 0 Å². The lowest BCUT2D eigenvalue weighted by molar-refractivity contribution is 0.322. The summed E-state index contributed by atoms with van der Waals surface area (Å²) in [6, 6.07) is 14.0. The van der Waals surface area contributed by atoms with Crippen molar-refractivity contribution in [1.29, 1.82) is 0 Å². The third kappa shape index (κ3) is 6.17. The number of nitrogens with zero attached hydrogens (tertiary/aromatic N) is 1. The Kier molecular flexibility index (Phi) is 9.21. The van der Waals surface area contributed by atoms with Crippen LogP contribution in [0.1, 0.15) is 16.8 Å². The molecule has 0 atom stereocenters. The first-order valence-corrected chi connectivity index (χ1v) is 13.1. The fraction of sp³-hybridized carbons (Fsp3) is 0.300. The molecule has 4 rings (SSSR count). The molecular formula is C30H34FN3O5S. The van der Waals surface area contributed by atoms with E-state index >= 15 is 0 Å². The summed E-state index contributed by atoms with van der Waals surface area (Å²) in [4.78, 5) is 5.39. The molecule has 8 nitrogen and oxygen atoms in total. The number of anilines is 1. The predicted molar refractivity (Wildman–Crippen MR) is 159 cm³/mol. The smallest absolute Gasteiger partial charge is 0.203 e. The third-order valence-electron chi connectivity index (χ3n) is 6.75. The van der Waals surface area contributed by atoms with Crippen LogP contribution in [0.5, 0.6) is 28.7 Å². The summed E-state index contributed by atoms with van der Waals surface area (Å²) >= 11 is 5.92. The summed E-state index contributed by atoms with van der Waals surface area (Å²) in [6.45, 7) is 2.97. The van der Waals surface area contributed by atoms with Gasteiger partial charge < -0.3 is 38.9 Å². The molecule has 4 aromatic rings. The maximum Gasteiger partial charge on any atom is 0.203 e. The second kappa shape index (κ2) is 12.8. The van der Waals surface area contributed by atoms with Gasteiger partial charge in [-0.15, -0.1) is 0 Å². The second-order valence-corrected chi connectivity index (χ2v) is 9.51. The number of aromatic nitrogens is 1. The number of thiocarbonyl (C=S) groups is 1.